The number of ether oxygens (including phenoxy) is 3. The van der Waals surface area contributed by atoms with Gasteiger partial charge in [-0.1, -0.05) is 12.1 Å². The molecule has 0 spiro atoms. The fourth-order valence-electron chi connectivity index (χ4n) is 2.54. The van der Waals surface area contributed by atoms with Gasteiger partial charge in [-0.25, -0.2) is 0 Å². The van der Waals surface area contributed by atoms with E-state index in [1.807, 2.05) is 12.1 Å². The molecular formula is C15H22N2O3. The highest BCUT2D eigenvalue weighted by Crippen LogP contribution is 2.33. The van der Waals surface area contributed by atoms with Crippen molar-refractivity contribution < 1.29 is 14.2 Å². The van der Waals surface area contributed by atoms with Gasteiger partial charge in [0, 0.05) is 38.3 Å². The molecule has 0 radical (unpaired) electrons. The van der Waals surface area contributed by atoms with Crippen molar-refractivity contribution >= 4 is 0 Å². The summed E-state index contributed by atoms with van der Waals surface area (Å²) < 4.78 is 16.7. The first kappa shape index (κ1) is 13.7. The molecule has 1 aromatic carbocycles. The van der Waals surface area contributed by atoms with Crippen molar-refractivity contribution in [3.63, 3.8) is 0 Å². The lowest BCUT2D eigenvalue weighted by Gasteiger charge is -2.31. The smallest absolute Gasteiger partial charge is 0.166 e. The summed E-state index contributed by atoms with van der Waals surface area (Å²) in [5.41, 5.74) is 1.19. The topological polar surface area (TPSA) is 43.0 Å². The summed E-state index contributed by atoms with van der Waals surface area (Å²) in [6.45, 7) is 6.50. The Morgan fingerprint density at radius 1 is 1.30 bits per heavy atom. The highest BCUT2D eigenvalue weighted by Gasteiger charge is 2.24. The van der Waals surface area contributed by atoms with Crippen molar-refractivity contribution in [1.82, 2.24) is 10.2 Å². The van der Waals surface area contributed by atoms with Gasteiger partial charge >= 0.3 is 0 Å². The van der Waals surface area contributed by atoms with E-state index >= 15 is 0 Å². The normalized spacial score (nSPS) is 20.4. The second kappa shape index (κ2) is 6.43. The lowest BCUT2D eigenvalue weighted by molar-refractivity contribution is -0.0808. The van der Waals surface area contributed by atoms with Crippen LogP contribution in [0.15, 0.2) is 18.2 Å². The van der Waals surface area contributed by atoms with E-state index in [0.29, 0.717) is 13.2 Å². The number of para-hydroxylation sites is 1. The Morgan fingerprint density at radius 3 is 2.75 bits per heavy atom. The van der Waals surface area contributed by atoms with Crippen molar-refractivity contribution in [3.05, 3.63) is 23.8 Å². The van der Waals surface area contributed by atoms with E-state index < -0.39 is 0 Å². The average molecular weight is 278 g/mol. The Labute approximate surface area is 119 Å². The van der Waals surface area contributed by atoms with E-state index in [1.165, 1.54) is 5.56 Å². The molecular weight excluding hydrogens is 256 g/mol. The van der Waals surface area contributed by atoms with Crippen LogP contribution in [0.25, 0.3) is 0 Å². The van der Waals surface area contributed by atoms with Gasteiger partial charge in [0.25, 0.3) is 0 Å². The summed E-state index contributed by atoms with van der Waals surface area (Å²) >= 11 is 0. The number of nitrogens with one attached hydrogen (secondary N) is 1. The summed E-state index contributed by atoms with van der Waals surface area (Å²) in [7, 11) is 1.69. The standard InChI is InChI=1S/C15H22N2O3/c1-18-14-4-2-3-12(9-17-7-5-16-6-8-17)15(14)20-13-10-19-11-13/h2-4,13,16H,5-11H2,1H3. The molecule has 2 heterocycles. The molecule has 1 N–H and O–H groups in total. The summed E-state index contributed by atoms with van der Waals surface area (Å²) in [6, 6.07) is 6.11. The molecule has 5 heteroatoms. The van der Waals surface area contributed by atoms with Crippen LogP contribution in [0.5, 0.6) is 11.5 Å². The molecule has 2 aliphatic rings. The third-order valence-corrected chi connectivity index (χ3v) is 3.78. The zero-order valence-corrected chi connectivity index (χ0v) is 11.9. The van der Waals surface area contributed by atoms with Crippen molar-refractivity contribution in [2.45, 2.75) is 12.6 Å². The third-order valence-electron chi connectivity index (χ3n) is 3.78. The summed E-state index contributed by atoms with van der Waals surface area (Å²) in [5, 5.41) is 3.37. The van der Waals surface area contributed by atoms with E-state index in [4.69, 9.17) is 14.2 Å². The van der Waals surface area contributed by atoms with Gasteiger partial charge < -0.3 is 19.5 Å². The lowest BCUT2D eigenvalue weighted by Crippen LogP contribution is -2.43. The molecule has 0 saturated carbocycles. The summed E-state index contributed by atoms with van der Waals surface area (Å²) in [6.07, 6.45) is 0.160. The molecule has 2 saturated heterocycles. The molecule has 5 nitrogen and oxygen atoms in total. The predicted molar refractivity (Wildman–Crippen MR) is 76.4 cm³/mol. The van der Waals surface area contributed by atoms with Crippen molar-refractivity contribution in [3.8, 4) is 11.5 Å². The molecule has 0 atom stereocenters. The largest absolute Gasteiger partial charge is 0.493 e. The number of benzene rings is 1. The highest BCUT2D eigenvalue weighted by molar-refractivity contribution is 5.46. The Balaban J connectivity index is 1.76. The quantitative estimate of drug-likeness (QED) is 0.866. The molecule has 0 bridgehead atoms. The number of hydrogen-bond donors (Lipinski definition) is 1. The maximum Gasteiger partial charge on any atom is 0.166 e. The Bertz CT molecular complexity index is 443. The molecule has 0 aromatic heterocycles. The second-order valence-corrected chi connectivity index (χ2v) is 5.25. The summed E-state index contributed by atoms with van der Waals surface area (Å²) in [5.74, 6) is 1.69. The van der Waals surface area contributed by atoms with Gasteiger partial charge in [0.15, 0.2) is 11.5 Å². The predicted octanol–water partition coefficient (Wildman–Crippen LogP) is 0.878. The van der Waals surface area contributed by atoms with Crippen LogP contribution in [0.3, 0.4) is 0 Å². The number of rotatable bonds is 5. The van der Waals surface area contributed by atoms with Gasteiger partial charge in [-0.05, 0) is 6.07 Å². The molecule has 3 rings (SSSR count). The van der Waals surface area contributed by atoms with Gasteiger partial charge in [-0.2, -0.15) is 0 Å². The van der Waals surface area contributed by atoms with Crippen LogP contribution in [0.1, 0.15) is 5.56 Å². The average Bonchev–Trinajstić information content (AvgIpc) is 2.45. The van der Waals surface area contributed by atoms with Crippen molar-refractivity contribution in [2.75, 3.05) is 46.5 Å². The molecule has 110 valence electrons. The van der Waals surface area contributed by atoms with Gasteiger partial charge in [0.05, 0.1) is 20.3 Å². The van der Waals surface area contributed by atoms with E-state index in [2.05, 4.69) is 16.3 Å². The first-order valence-corrected chi connectivity index (χ1v) is 7.20. The number of piperazine rings is 1. The second-order valence-electron chi connectivity index (χ2n) is 5.25. The van der Waals surface area contributed by atoms with Gasteiger partial charge in [-0.15, -0.1) is 0 Å². The first-order valence-electron chi connectivity index (χ1n) is 7.20. The molecule has 0 unspecified atom stereocenters. The fourth-order valence-corrected chi connectivity index (χ4v) is 2.54. The SMILES string of the molecule is COc1cccc(CN2CCNCC2)c1OC1COC1. The zero-order valence-electron chi connectivity index (χ0n) is 11.9. The number of nitrogens with zero attached hydrogens (tertiary/aromatic N) is 1. The molecule has 0 aliphatic carbocycles. The highest BCUT2D eigenvalue weighted by atomic mass is 16.6. The molecule has 0 amide bonds. The lowest BCUT2D eigenvalue weighted by atomic mass is 10.1. The Hall–Kier alpha value is -1.30. The van der Waals surface area contributed by atoms with E-state index in [0.717, 1.165) is 44.2 Å². The van der Waals surface area contributed by atoms with E-state index in [1.54, 1.807) is 7.11 Å². The Morgan fingerprint density at radius 2 is 2.10 bits per heavy atom. The van der Waals surface area contributed by atoms with Crippen LogP contribution in [0.2, 0.25) is 0 Å². The minimum atomic E-state index is 0.160. The Kier molecular flexibility index (Phi) is 4.40. The first-order chi connectivity index (χ1) is 9.86. The monoisotopic (exact) mass is 278 g/mol. The van der Waals surface area contributed by atoms with E-state index in [9.17, 15) is 0 Å². The minimum Gasteiger partial charge on any atom is -0.493 e. The van der Waals surface area contributed by atoms with Crippen LogP contribution in [-0.4, -0.2) is 57.5 Å². The maximum absolute atomic E-state index is 6.05. The maximum atomic E-state index is 6.05. The molecule has 1 aromatic rings. The zero-order chi connectivity index (χ0) is 13.8. The number of methoxy groups -OCH3 is 1. The molecule has 20 heavy (non-hydrogen) atoms. The third kappa shape index (κ3) is 3.06. The van der Waals surface area contributed by atoms with Crippen molar-refractivity contribution in [1.29, 1.82) is 0 Å². The van der Waals surface area contributed by atoms with E-state index in [-0.39, 0.29) is 6.10 Å². The van der Waals surface area contributed by atoms with Gasteiger partial charge in [-0.3, -0.25) is 4.90 Å². The molecule has 2 fully saturated rings. The fraction of sp³-hybridized carbons (Fsp3) is 0.600. The van der Waals surface area contributed by atoms with Crippen LogP contribution in [0, 0.1) is 0 Å². The van der Waals surface area contributed by atoms with Crippen LogP contribution < -0.4 is 14.8 Å². The number of hydrogen-bond acceptors (Lipinski definition) is 5. The van der Waals surface area contributed by atoms with Crippen LogP contribution in [0.4, 0.5) is 0 Å². The van der Waals surface area contributed by atoms with Crippen molar-refractivity contribution in [2.24, 2.45) is 0 Å². The summed E-state index contributed by atoms with van der Waals surface area (Å²) in [4.78, 5) is 2.44. The van der Waals surface area contributed by atoms with Crippen LogP contribution in [-0.2, 0) is 11.3 Å². The minimum absolute atomic E-state index is 0.160. The van der Waals surface area contributed by atoms with Gasteiger partial charge in [0.1, 0.15) is 6.10 Å². The molecule has 2 aliphatic heterocycles. The van der Waals surface area contributed by atoms with Gasteiger partial charge in [0.2, 0.25) is 0 Å². The van der Waals surface area contributed by atoms with Crippen LogP contribution >= 0.6 is 0 Å².